The zero-order chi connectivity index (χ0) is 10.1. The van der Waals surface area contributed by atoms with Crippen LogP contribution in [0.4, 0.5) is 5.69 Å². The highest BCUT2D eigenvalue weighted by atomic mass is 32.1. The summed E-state index contributed by atoms with van der Waals surface area (Å²) in [6, 6.07) is 1.92. The summed E-state index contributed by atoms with van der Waals surface area (Å²) in [5.41, 5.74) is 1.21. The minimum absolute atomic E-state index is 0.0984. The predicted molar refractivity (Wildman–Crippen MR) is 57.9 cm³/mol. The smallest absolute Gasteiger partial charge is 0.160 e. The number of hydrogen-bond donors (Lipinski definition) is 0. The van der Waals surface area contributed by atoms with Gasteiger partial charge in [-0.3, -0.25) is 4.79 Å². The lowest BCUT2D eigenvalue weighted by Gasteiger charge is -2.33. The van der Waals surface area contributed by atoms with Gasteiger partial charge in [0.25, 0.3) is 0 Å². The number of anilines is 1. The second kappa shape index (κ2) is 3.50. The van der Waals surface area contributed by atoms with Gasteiger partial charge in [0, 0.05) is 23.7 Å². The standard InChI is InChI=1S/C10H15NOS/c1-10(2,3)11(4)8-5-9(6-12)13-7-8/h5-7H,1-4H3. The molecule has 1 aromatic rings. The first kappa shape index (κ1) is 10.3. The summed E-state index contributed by atoms with van der Waals surface area (Å²) < 4.78 is 0. The van der Waals surface area contributed by atoms with Crippen LogP contribution in [0.25, 0.3) is 0 Å². The van der Waals surface area contributed by atoms with Gasteiger partial charge in [-0.05, 0) is 26.8 Å². The number of nitrogens with zero attached hydrogens (tertiary/aromatic N) is 1. The summed E-state index contributed by atoms with van der Waals surface area (Å²) in [5, 5.41) is 2.01. The molecule has 0 unspecified atom stereocenters. The third-order valence-corrected chi connectivity index (χ3v) is 2.96. The minimum Gasteiger partial charge on any atom is -0.369 e. The topological polar surface area (TPSA) is 20.3 Å². The molecule has 0 aliphatic heterocycles. The van der Waals surface area contributed by atoms with Crippen molar-refractivity contribution in [2.75, 3.05) is 11.9 Å². The van der Waals surface area contributed by atoms with Gasteiger partial charge in [-0.15, -0.1) is 11.3 Å². The van der Waals surface area contributed by atoms with Crippen LogP contribution in [-0.2, 0) is 0 Å². The Morgan fingerprint density at radius 1 is 1.46 bits per heavy atom. The van der Waals surface area contributed by atoms with E-state index < -0.39 is 0 Å². The fraction of sp³-hybridized carbons (Fsp3) is 0.500. The lowest BCUT2D eigenvalue weighted by atomic mass is 10.1. The molecule has 1 heterocycles. The highest BCUT2D eigenvalue weighted by Crippen LogP contribution is 2.26. The van der Waals surface area contributed by atoms with Crippen molar-refractivity contribution in [1.82, 2.24) is 0 Å². The Bertz CT molecular complexity index is 298. The van der Waals surface area contributed by atoms with Crippen molar-refractivity contribution >= 4 is 23.3 Å². The van der Waals surface area contributed by atoms with Crippen molar-refractivity contribution in [3.05, 3.63) is 16.3 Å². The van der Waals surface area contributed by atoms with Crippen molar-refractivity contribution in [3.63, 3.8) is 0 Å². The van der Waals surface area contributed by atoms with Crippen LogP contribution < -0.4 is 4.90 Å². The molecule has 0 aromatic carbocycles. The monoisotopic (exact) mass is 197 g/mol. The molecule has 1 aromatic heterocycles. The zero-order valence-corrected chi connectivity index (χ0v) is 9.31. The van der Waals surface area contributed by atoms with Crippen molar-refractivity contribution in [1.29, 1.82) is 0 Å². The maximum Gasteiger partial charge on any atom is 0.160 e. The van der Waals surface area contributed by atoms with Gasteiger partial charge >= 0.3 is 0 Å². The molecular weight excluding hydrogens is 182 g/mol. The molecule has 0 N–H and O–H groups in total. The Morgan fingerprint density at radius 3 is 2.46 bits per heavy atom. The normalized spacial score (nSPS) is 11.4. The molecule has 1 rings (SSSR count). The van der Waals surface area contributed by atoms with E-state index in [-0.39, 0.29) is 5.54 Å². The van der Waals surface area contributed by atoms with E-state index in [0.29, 0.717) is 0 Å². The maximum absolute atomic E-state index is 10.5. The Kier molecular flexibility index (Phi) is 2.76. The molecule has 0 saturated heterocycles. The summed E-state index contributed by atoms with van der Waals surface area (Å²) in [6.07, 6.45) is 0.894. The lowest BCUT2D eigenvalue weighted by molar-refractivity contribution is 0.112. The Balaban J connectivity index is 2.89. The molecule has 3 heteroatoms. The highest BCUT2D eigenvalue weighted by molar-refractivity contribution is 7.12. The molecule has 0 bridgehead atoms. The summed E-state index contributed by atoms with van der Waals surface area (Å²) in [6.45, 7) is 6.43. The highest BCUT2D eigenvalue weighted by Gasteiger charge is 2.18. The van der Waals surface area contributed by atoms with Crippen LogP contribution in [0.5, 0.6) is 0 Å². The van der Waals surface area contributed by atoms with Crippen LogP contribution >= 0.6 is 11.3 Å². The number of hydrogen-bond acceptors (Lipinski definition) is 3. The van der Waals surface area contributed by atoms with Gasteiger partial charge in [-0.1, -0.05) is 0 Å². The van der Waals surface area contributed by atoms with Crippen molar-refractivity contribution in [2.45, 2.75) is 26.3 Å². The van der Waals surface area contributed by atoms with Gasteiger partial charge in [0.05, 0.1) is 4.88 Å². The third-order valence-electron chi connectivity index (χ3n) is 2.12. The van der Waals surface area contributed by atoms with E-state index in [1.807, 2.05) is 18.5 Å². The summed E-state index contributed by atoms with van der Waals surface area (Å²) in [4.78, 5) is 13.4. The second-order valence-corrected chi connectivity index (χ2v) is 5.00. The second-order valence-electron chi connectivity index (χ2n) is 4.05. The van der Waals surface area contributed by atoms with E-state index in [1.165, 1.54) is 11.3 Å². The minimum atomic E-state index is 0.0984. The van der Waals surface area contributed by atoms with Crippen LogP contribution in [-0.4, -0.2) is 18.9 Å². The van der Waals surface area contributed by atoms with Crippen LogP contribution in [0.2, 0.25) is 0 Å². The van der Waals surface area contributed by atoms with Crippen molar-refractivity contribution < 1.29 is 4.79 Å². The van der Waals surface area contributed by atoms with Gasteiger partial charge in [0.15, 0.2) is 6.29 Å². The van der Waals surface area contributed by atoms with Crippen LogP contribution in [0.15, 0.2) is 11.4 Å². The molecule has 13 heavy (non-hydrogen) atoms. The van der Waals surface area contributed by atoms with Gasteiger partial charge in [0.2, 0.25) is 0 Å². The van der Waals surface area contributed by atoms with E-state index in [0.717, 1.165) is 16.9 Å². The predicted octanol–water partition coefficient (Wildman–Crippen LogP) is 2.80. The van der Waals surface area contributed by atoms with E-state index in [2.05, 4.69) is 25.7 Å². The van der Waals surface area contributed by atoms with E-state index in [9.17, 15) is 4.79 Å². The first-order chi connectivity index (χ1) is 5.95. The number of carbonyl (C=O) groups excluding carboxylic acids is 1. The molecule has 0 atom stereocenters. The van der Waals surface area contributed by atoms with Gasteiger partial charge in [-0.25, -0.2) is 0 Å². The first-order valence-corrected chi connectivity index (χ1v) is 5.10. The van der Waals surface area contributed by atoms with Crippen LogP contribution in [0, 0.1) is 0 Å². The summed E-state index contributed by atoms with van der Waals surface area (Å²) >= 11 is 1.48. The molecular formula is C10H15NOS. The SMILES string of the molecule is CN(c1csc(C=O)c1)C(C)(C)C. The summed E-state index contributed by atoms with van der Waals surface area (Å²) in [5.74, 6) is 0. The third kappa shape index (κ3) is 2.31. The van der Waals surface area contributed by atoms with Gasteiger partial charge in [0.1, 0.15) is 0 Å². The molecule has 0 amide bonds. The zero-order valence-electron chi connectivity index (χ0n) is 8.50. The maximum atomic E-state index is 10.5. The van der Waals surface area contributed by atoms with Crippen LogP contribution in [0.3, 0.4) is 0 Å². The molecule has 0 fully saturated rings. The largest absolute Gasteiger partial charge is 0.369 e. The molecule has 0 spiro atoms. The van der Waals surface area contributed by atoms with E-state index >= 15 is 0 Å². The Hall–Kier alpha value is -0.830. The molecule has 0 aliphatic rings. The number of aldehydes is 1. The van der Waals surface area contributed by atoms with Gasteiger partial charge in [-0.2, -0.15) is 0 Å². The Labute approximate surface area is 83.2 Å². The van der Waals surface area contributed by atoms with E-state index in [4.69, 9.17) is 0 Å². The first-order valence-electron chi connectivity index (χ1n) is 4.22. The molecule has 2 nitrogen and oxygen atoms in total. The molecule has 0 radical (unpaired) electrons. The fourth-order valence-electron chi connectivity index (χ4n) is 0.967. The van der Waals surface area contributed by atoms with Crippen molar-refractivity contribution in [2.24, 2.45) is 0 Å². The Morgan fingerprint density at radius 2 is 2.08 bits per heavy atom. The quantitative estimate of drug-likeness (QED) is 0.679. The number of carbonyl (C=O) groups is 1. The fourth-order valence-corrected chi connectivity index (χ4v) is 1.69. The molecule has 72 valence electrons. The van der Waals surface area contributed by atoms with Crippen molar-refractivity contribution in [3.8, 4) is 0 Å². The number of thiophene rings is 1. The van der Waals surface area contributed by atoms with Gasteiger partial charge < -0.3 is 4.90 Å². The lowest BCUT2D eigenvalue weighted by Crippen LogP contribution is -2.37. The average Bonchev–Trinajstić information content (AvgIpc) is 2.48. The number of rotatable bonds is 2. The van der Waals surface area contributed by atoms with Crippen LogP contribution in [0.1, 0.15) is 30.4 Å². The summed E-state index contributed by atoms with van der Waals surface area (Å²) in [7, 11) is 2.04. The van der Waals surface area contributed by atoms with E-state index in [1.54, 1.807) is 0 Å². The average molecular weight is 197 g/mol. The molecule has 0 aliphatic carbocycles. The molecule has 0 saturated carbocycles.